The molecule has 6 heteroatoms. The van der Waals surface area contributed by atoms with Gasteiger partial charge in [0.25, 0.3) is 0 Å². The molecular formula is C16H23N5O. The lowest BCUT2D eigenvalue weighted by molar-refractivity contribution is -0.0337. The van der Waals surface area contributed by atoms with Crippen molar-refractivity contribution in [2.24, 2.45) is 0 Å². The molecular weight excluding hydrogens is 278 g/mol. The normalized spacial score (nSPS) is 19.7. The zero-order chi connectivity index (χ0) is 15.4. The first-order valence-corrected chi connectivity index (χ1v) is 7.87. The molecule has 1 aliphatic rings. The molecule has 3 rings (SSSR count). The molecule has 0 aliphatic carbocycles. The Morgan fingerprint density at radius 3 is 2.91 bits per heavy atom. The summed E-state index contributed by atoms with van der Waals surface area (Å²) >= 11 is 0. The fourth-order valence-electron chi connectivity index (χ4n) is 2.60. The summed E-state index contributed by atoms with van der Waals surface area (Å²) in [6, 6.07) is 4.15. The van der Waals surface area contributed by atoms with E-state index in [1.165, 1.54) is 5.56 Å². The lowest BCUT2D eigenvalue weighted by Gasteiger charge is -2.31. The SMILES string of the molecule is CC(C)c1n[nH]c(C2CN(CCc3ccncc3)CCO2)n1. The van der Waals surface area contributed by atoms with Crippen LogP contribution in [0.1, 0.15) is 43.1 Å². The van der Waals surface area contributed by atoms with Gasteiger partial charge >= 0.3 is 0 Å². The summed E-state index contributed by atoms with van der Waals surface area (Å²) in [6.07, 6.45) is 4.72. The minimum Gasteiger partial charge on any atom is -0.368 e. The maximum absolute atomic E-state index is 5.85. The van der Waals surface area contributed by atoms with Crippen LogP contribution >= 0.6 is 0 Å². The van der Waals surface area contributed by atoms with Crippen molar-refractivity contribution >= 4 is 0 Å². The summed E-state index contributed by atoms with van der Waals surface area (Å²) in [4.78, 5) is 11.0. The predicted octanol–water partition coefficient (Wildman–Crippen LogP) is 1.94. The molecule has 0 aromatic carbocycles. The Bertz CT molecular complexity index is 583. The number of nitrogens with zero attached hydrogens (tertiary/aromatic N) is 4. The first kappa shape index (κ1) is 15.1. The fraction of sp³-hybridized carbons (Fsp3) is 0.562. The summed E-state index contributed by atoms with van der Waals surface area (Å²) in [5.41, 5.74) is 1.32. The Balaban J connectivity index is 1.56. The molecule has 0 saturated carbocycles. The molecule has 0 spiro atoms. The third kappa shape index (κ3) is 3.69. The Morgan fingerprint density at radius 2 is 2.18 bits per heavy atom. The second-order valence-electron chi connectivity index (χ2n) is 6.00. The number of rotatable bonds is 5. The van der Waals surface area contributed by atoms with Crippen LogP contribution in [0.15, 0.2) is 24.5 Å². The van der Waals surface area contributed by atoms with Crippen LogP contribution in [0.2, 0.25) is 0 Å². The number of nitrogens with one attached hydrogen (secondary N) is 1. The van der Waals surface area contributed by atoms with Crippen molar-refractivity contribution < 1.29 is 4.74 Å². The third-order valence-electron chi connectivity index (χ3n) is 3.96. The molecule has 1 aliphatic heterocycles. The van der Waals surface area contributed by atoms with Crippen molar-refractivity contribution in [2.45, 2.75) is 32.3 Å². The highest BCUT2D eigenvalue weighted by Crippen LogP contribution is 2.20. The third-order valence-corrected chi connectivity index (χ3v) is 3.96. The zero-order valence-corrected chi connectivity index (χ0v) is 13.2. The lowest BCUT2D eigenvalue weighted by atomic mass is 10.1. The van der Waals surface area contributed by atoms with Crippen LogP contribution in [0.5, 0.6) is 0 Å². The van der Waals surface area contributed by atoms with Gasteiger partial charge in [-0.05, 0) is 24.1 Å². The molecule has 6 nitrogen and oxygen atoms in total. The number of hydrogen-bond donors (Lipinski definition) is 1. The molecule has 1 atom stereocenters. The average Bonchev–Trinajstić information content (AvgIpc) is 3.05. The quantitative estimate of drug-likeness (QED) is 0.914. The van der Waals surface area contributed by atoms with Crippen molar-refractivity contribution in [3.05, 3.63) is 41.7 Å². The van der Waals surface area contributed by atoms with Gasteiger partial charge in [0, 0.05) is 37.9 Å². The second-order valence-corrected chi connectivity index (χ2v) is 6.00. The average molecular weight is 301 g/mol. The van der Waals surface area contributed by atoms with Gasteiger partial charge < -0.3 is 4.74 Å². The fourth-order valence-corrected chi connectivity index (χ4v) is 2.60. The molecule has 118 valence electrons. The highest BCUT2D eigenvalue weighted by molar-refractivity contribution is 5.10. The summed E-state index contributed by atoms with van der Waals surface area (Å²) in [5, 5.41) is 7.30. The van der Waals surface area contributed by atoms with Crippen molar-refractivity contribution in [1.29, 1.82) is 0 Å². The molecule has 3 heterocycles. The van der Waals surface area contributed by atoms with Gasteiger partial charge in [-0.25, -0.2) is 4.98 Å². The Hall–Kier alpha value is -1.79. The first-order valence-electron chi connectivity index (χ1n) is 7.87. The lowest BCUT2D eigenvalue weighted by Crippen LogP contribution is -2.39. The molecule has 2 aromatic heterocycles. The predicted molar refractivity (Wildman–Crippen MR) is 83.5 cm³/mol. The molecule has 0 bridgehead atoms. The van der Waals surface area contributed by atoms with Gasteiger partial charge in [-0.2, -0.15) is 5.10 Å². The van der Waals surface area contributed by atoms with Gasteiger partial charge in [0.1, 0.15) is 6.10 Å². The van der Waals surface area contributed by atoms with Crippen molar-refractivity contribution in [3.63, 3.8) is 0 Å². The van der Waals surface area contributed by atoms with Gasteiger partial charge in [-0.3, -0.25) is 15.0 Å². The molecule has 1 fully saturated rings. The standard InChI is InChI=1S/C16H23N5O/c1-12(2)15-18-16(20-19-15)14-11-21(9-10-22-14)8-5-13-3-6-17-7-4-13/h3-4,6-7,12,14H,5,8-11H2,1-2H3,(H,18,19,20). The molecule has 22 heavy (non-hydrogen) atoms. The molecule has 0 radical (unpaired) electrons. The summed E-state index contributed by atoms with van der Waals surface area (Å²) in [7, 11) is 0. The van der Waals surface area contributed by atoms with E-state index < -0.39 is 0 Å². The van der Waals surface area contributed by atoms with Crippen molar-refractivity contribution in [1.82, 2.24) is 25.1 Å². The molecule has 1 saturated heterocycles. The van der Waals surface area contributed by atoms with Gasteiger partial charge in [-0.1, -0.05) is 13.8 Å². The van der Waals surface area contributed by atoms with E-state index in [2.05, 4.69) is 51.0 Å². The minimum absolute atomic E-state index is 0.00816. The maximum atomic E-state index is 5.85. The van der Waals surface area contributed by atoms with Gasteiger partial charge in [-0.15, -0.1) is 0 Å². The number of pyridine rings is 1. The van der Waals surface area contributed by atoms with Crippen LogP contribution < -0.4 is 0 Å². The largest absolute Gasteiger partial charge is 0.368 e. The monoisotopic (exact) mass is 301 g/mol. The minimum atomic E-state index is -0.00816. The highest BCUT2D eigenvalue weighted by Gasteiger charge is 2.25. The van der Waals surface area contributed by atoms with E-state index in [-0.39, 0.29) is 6.10 Å². The van der Waals surface area contributed by atoms with Crippen molar-refractivity contribution in [3.8, 4) is 0 Å². The number of aromatic amines is 1. The van der Waals surface area contributed by atoms with Gasteiger partial charge in [0.2, 0.25) is 0 Å². The van der Waals surface area contributed by atoms with Crippen LogP contribution in [-0.2, 0) is 11.2 Å². The van der Waals surface area contributed by atoms with E-state index in [0.29, 0.717) is 5.92 Å². The van der Waals surface area contributed by atoms with Crippen LogP contribution in [0.25, 0.3) is 0 Å². The zero-order valence-electron chi connectivity index (χ0n) is 13.2. The molecule has 1 N–H and O–H groups in total. The topological polar surface area (TPSA) is 66.9 Å². The van der Waals surface area contributed by atoms with Crippen molar-refractivity contribution in [2.75, 3.05) is 26.2 Å². The molecule has 2 aromatic rings. The smallest absolute Gasteiger partial charge is 0.155 e. The number of ether oxygens (including phenoxy) is 1. The second kappa shape index (κ2) is 6.98. The van der Waals surface area contributed by atoms with E-state index in [1.54, 1.807) is 0 Å². The Labute approximate surface area is 130 Å². The Kier molecular flexibility index (Phi) is 4.80. The summed E-state index contributed by atoms with van der Waals surface area (Å²) in [6.45, 7) is 7.77. The van der Waals surface area contributed by atoms with Gasteiger partial charge in [0.15, 0.2) is 11.6 Å². The summed E-state index contributed by atoms with van der Waals surface area (Å²) < 4.78 is 5.85. The molecule has 1 unspecified atom stereocenters. The summed E-state index contributed by atoms with van der Waals surface area (Å²) in [5.74, 6) is 2.03. The number of morpholine rings is 1. The van der Waals surface area contributed by atoms with E-state index in [9.17, 15) is 0 Å². The number of H-pyrrole nitrogens is 1. The van der Waals surface area contributed by atoms with Crippen LogP contribution in [-0.4, -0.2) is 51.3 Å². The van der Waals surface area contributed by atoms with E-state index >= 15 is 0 Å². The van der Waals surface area contributed by atoms with Crippen LogP contribution in [0, 0.1) is 0 Å². The number of aromatic nitrogens is 4. The van der Waals surface area contributed by atoms with E-state index in [0.717, 1.165) is 44.3 Å². The Morgan fingerprint density at radius 1 is 1.36 bits per heavy atom. The van der Waals surface area contributed by atoms with Crippen LogP contribution in [0.4, 0.5) is 0 Å². The highest BCUT2D eigenvalue weighted by atomic mass is 16.5. The van der Waals surface area contributed by atoms with Crippen LogP contribution in [0.3, 0.4) is 0 Å². The van der Waals surface area contributed by atoms with E-state index in [1.807, 2.05) is 12.4 Å². The van der Waals surface area contributed by atoms with E-state index in [4.69, 9.17) is 4.74 Å². The number of hydrogen-bond acceptors (Lipinski definition) is 5. The first-order chi connectivity index (χ1) is 10.7. The molecule has 0 amide bonds. The van der Waals surface area contributed by atoms with Gasteiger partial charge in [0.05, 0.1) is 6.61 Å². The maximum Gasteiger partial charge on any atom is 0.155 e.